The minimum Gasteiger partial charge on any atom is -0.238 e. The van der Waals surface area contributed by atoms with Crippen LogP contribution in [0.15, 0.2) is 15.9 Å². The van der Waals surface area contributed by atoms with E-state index in [9.17, 15) is 0 Å². The fourth-order valence-electron chi connectivity index (χ4n) is 0.247. The molecule has 0 fully saturated rings. The first-order valence-electron chi connectivity index (χ1n) is 1.63. The number of hydrogen-bond donors (Lipinski definition) is 1. The average Bonchev–Trinajstić information content (AvgIpc) is 2.14. The molecule has 0 aliphatic heterocycles. The fourth-order valence-corrected chi connectivity index (χ4v) is 1.69. The van der Waals surface area contributed by atoms with Crippen LogP contribution in [0, 0.1) is 0 Å². The van der Waals surface area contributed by atoms with E-state index in [0.717, 1.165) is 5.03 Å². The van der Waals surface area contributed by atoms with Gasteiger partial charge in [0.15, 0.2) is 0 Å². The predicted molar refractivity (Wildman–Crippen MR) is 37.0 cm³/mol. The van der Waals surface area contributed by atoms with Gasteiger partial charge >= 0.3 is 0 Å². The molecule has 0 atom stereocenters. The molecule has 4 heteroatoms. The Labute approximate surface area is 55.0 Å². The van der Waals surface area contributed by atoms with E-state index in [-0.39, 0.29) is 0 Å². The summed E-state index contributed by atoms with van der Waals surface area (Å²) in [6.45, 7) is 0. The van der Waals surface area contributed by atoms with Crippen LogP contribution in [0.2, 0.25) is 0 Å². The van der Waals surface area contributed by atoms with Crippen molar-refractivity contribution in [1.82, 2.24) is 4.98 Å². The van der Waals surface area contributed by atoms with Crippen LogP contribution < -0.4 is 0 Å². The summed E-state index contributed by atoms with van der Waals surface area (Å²) < 4.78 is 0. The maximum Gasteiger partial charge on any atom is 0.117 e. The third-order valence-corrected chi connectivity index (χ3v) is 2.21. The molecule has 0 amide bonds. The Balaban J connectivity index is 2.76. The van der Waals surface area contributed by atoms with Gasteiger partial charge in [-0.05, 0) is 10.8 Å². The summed E-state index contributed by atoms with van der Waals surface area (Å²) in [4.78, 5) is 3.94. The van der Waals surface area contributed by atoms with Crippen molar-refractivity contribution >= 4 is 33.8 Å². The van der Waals surface area contributed by atoms with E-state index in [2.05, 4.69) is 16.6 Å². The lowest BCUT2D eigenvalue weighted by Gasteiger charge is -1.75. The first-order valence-corrected chi connectivity index (χ1v) is 4.44. The molecule has 7 heavy (non-hydrogen) atoms. The lowest BCUT2D eigenvalue weighted by molar-refractivity contribution is 1.21. The van der Waals surface area contributed by atoms with Crippen molar-refractivity contribution < 1.29 is 0 Å². The molecule has 1 aromatic rings. The standard InChI is InChI=1S/C3H3NS3/c5-7-3-1-6-2-4-3/h1-2,5H. The van der Waals surface area contributed by atoms with Crippen LogP contribution in [0.3, 0.4) is 0 Å². The van der Waals surface area contributed by atoms with Gasteiger partial charge in [0.2, 0.25) is 0 Å². The van der Waals surface area contributed by atoms with Gasteiger partial charge < -0.3 is 0 Å². The number of hydrogen-bond acceptors (Lipinski definition) is 4. The van der Waals surface area contributed by atoms with Crippen LogP contribution in [0.4, 0.5) is 0 Å². The van der Waals surface area contributed by atoms with E-state index in [1.165, 1.54) is 10.8 Å². The number of thiazole rings is 1. The monoisotopic (exact) mass is 149 g/mol. The van der Waals surface area contributed by atoms with Gasteiger partial charge in [-0.3, -0.25) is 0 Å². The molecule has 38 valence electrons. The van der Waals surface area contributed by atoms with E-state index in [1.54, 1.807) is 16.8 Å². The molecule has 1 aromatic heterocycles. The van der Waals surface area contributed by atoms with Gasteiger partial charge in [-0.15, -0.1) is 23.0 Å². The van der Waals surface area contributed by atoms with Gasteiger partial charge in [-0.1, -0.05) is 0 Å². The Morgan fingerprint density at radius 1 is 1.86 bits per heavy atom. The van der Waals surface area contributed by atoms with Crippen molar-refractivity contribution in [2.45, 2.75) is 5.03 Å². The molecule has 1 heterocycles. The average molecular weight is 149 g/mol. The van der Waals surface area contributed by atoms with Crippen LogP contribution >= 0.6 is 33.8 Å². The Morgan fingerprint density at radius 2 is 2.71 bits per heavy atom. The zero-order chi connectivity index (χ0) is 5.11. The molecule has 0 N–H and O–H groups in total. The number of nitrogens with zero attached hydrogens (tertiary/aromatic N) is 1. The van der Waals surface area contributed by atoms with Crippen LogP contribution in [0.1, 0.15) is 0 Å². The summed E-state index contributed by atoms with van der Waals surface area (Å²) in [5.41, 5.74) is 1.79. The van der Waals surface area contributed by atoms with E-state index in [1.807, 2.05) is 5.38 Å². The van der Waals surface area contributed by atoms with E-state index < -0.39 is 0 Å². The molecule has 0 unspecified atom stereocenters. The molecule has 0 bridgehead atoms. The molecule has 0 radical (unpaired) electrons. The summed E-state index contributed by atoms with van der Waals surface area (Å²) in [6.07, 6.45) is 0. The third kappa shape index (κ3) is 1.36. The lowest BCUT2D eigenvalue weighted by Crippen LogP contribution is -1.56. The number of aromatic nitrogens is 1. The third-order valence-electron chi connectivity index (χ3n) is 0.503. The van der Waals surface area contributed by atoms with Crippen molar-refractivity contribution in [3.8, 4) is 0 Å². The smallest absolute Gasteiger partial charge is 0.117 e. The highest BCUT2D eigenvalue weighted by Gasteiger charge is 1.86. The number of rotatable bonds is 1. The quantitative estimate of drug-likeness (QED) is 0.485. The highest BCUT2D eigenvalue weighted by atomic mass is 33.1. The second-order valence-electron chi connectivity index (χ2n) is 0.918. The molecule has 1 rings (SSSR count). The van der Waals surface area contributed by atoms with Gasteiger partial charge in [0.25, 0.3) is 0 Å². The molecular formula is C3H3NS3. The van der Waals surface area contributed by atoms with Gasteiger partial charge in [0, 0.05) is 5.38 Å². The Hall–Kier alpha value is 0.330. The van der Waals surface area contributed by atoms with Crippen LogP contribution in [0.5, 0.6) is 0 Å². The van der Waals surface area contributed by atoms with E-state index in [4.69, 9.17) is 0 Å². The Kier molecular flexibility index (Phi) is 2.02. The molecule has 0 aliphatic carbocycles. The van der Waals surface area contributed by atoms with Gasteiger partial charge in [-0.2, -0.15) is 0 Å². The van der Waals surface area contributed by atoms with Crippen LogP contribution in [0.25, 0.3) is 0 Å². The Bertz CT molecular complexity index is 125. The van der Waals surface area contributed by atoms with Crippen molar-refractivity contribution in [2.24, 2.45) is 0 Å². The minimum absolute atomic E-state index is 0.980. The summed E-state index contributed by atoms with van der Waals surface area (Å²) >= 11 is 5.52. The van der Waals surface area contributed by atoms with E-state index >= 15 is 0 Å². The SMILES string of the molecule is SSc1cscn1. The van der Waals surface area contributed by atoms with Gasteiger partial charge in [0.1, 0.15) is 5.03 Å². The largest absolute Gasteiger partial charge is 0.238 e. The van der Waals surface area contributed by atoms with Crippen molar-refractivity contribution in [1.29, 1.82) is 0 Å². The first-order chi connectivity index (χ1) is 3.43. The second-order valence-corrected chi connectivity index (χ2v) is 2.79. The van der Waals surface area contributed by atoms with Crippen molar-refractivity contribution in [2.75, 3.05) is 0 Å². The topological polar surface area (TPSA) is 12.9 Å². The van der Waals surface area contributed by atoms with Crippen LogP contribution in [-0.2, 0) is 0 Å². The zero-order valence-corrected chi connectivity index (χ0v) is 5.89. The maximum atomic E-state index is 3.94. The summed E-state index contributed by atoms with van der Waals surface area (Å²) in [5.74, 6) is 0. The molecular weight excluding hydrogens is 146 g/mol. The van der Waals surface area contributed by atoms with Gasteiger partial charge in [0.05, 0.1) is 5.51 Å². The van der Waals surface area contributed by atoms with Crippen molar-refractivity contribution in [3.05, 3.63) is 10.9 Å². The molecule has 0 saturated carbocycles. The van der Waals surface area contributed by atoms with Crippen molar-refractivity contribution in [3.63, 3.8) is 0 Å². The molecule has 0 spiro atoms. The summed E-state index contributed by atoms with van der Waals surface area (Å²) in [5, 5.41) is 2.94. The van der Waals surface area contributed by atoms with E-state index in [0.29, 0.717) is 0 Å². The number of thiol groups is 1. The Morgan fingerprint density at radius 3 is 3.00 bits per heavy atom. The second kappa shape index (κ2) is 2.59. The zero-order valence-electron chi connectivity index (χ0n) is 3.37. The first kappa shape index (κ1) is 5.47. The predicted octanol–water partition coefficient (Wildman–Crippen LogP) is 2.08. The summed E-state index contributed by atoms with van der Waals surface area (Å²) in [7, 11) is 1.37. The fraction of sp³-hybridized carbons (Fsp3) is 0. The molecule has 0 saturated heterocycles. The highest BCUT2D eigenvalue weighted by Crippen LogP contribution is 2.19. The highest BCUT2D eigenvalue weighted by molar-refractivity contribution is 8.68. The summed E-state index contributed by atoms with van der Waals surface area (Å²) in [6, 6.07) is 0. The molecule has 1 nitrogen and oxygen atoms in total. The minimum atomic E-state index is 0.980. The lowest BCUT2D eigenvalue weighted by atomic mass is 11.0. The maximum absolute atomic E-state index is 3.94. The molecule has 0 aromatic carbocycles. The van der Waals surface area contributed by atoms with Gasteiger partial charge in [-0.25, -0.2) is 4.98 Å². The molecule has 0 aliphatic rings. The van der Waals surface area contributed by atoms with Crippen LogP contribution in [-0.4, -0.2) is 4.98 Å². The normalized spacial score (nSPS) is 9.29.